The lowest BCUT2D eigenvalue weighted by Gasteiger charge is -2.34. The Morgan fingerprint density at radius 1 is 1.14 bits per heavy atom. The monoisotopic (exact) mass is 399 g/mol. The van der Waals surface area contributed by atoms with Crippen LogP contribution in [0, 0.1) is 10.1 Å². The summed E-state index contributed by atoms with van der Waals surface area (Å²) < 4.78 is 0. The molecule has 1 N–H and O–H groups in total. The molecule has 0 atom stereocenters. The number of anilines is 3. The Labute approximate surface area is 169 Å². The summed E-state index contributed by atoms with van der Waals surface area (Å²) in [5.74, 6) is -0.393. The zero-order chi connectivity index (χ0) is 21.0. The number of hydrogen-bond donors (Lipinski definition) is 1. The van der Waals surface area contributed by atoms with Gasteiger partial charge in [-0.1, -0.05) is 0 Å². The van der Waals surface area contributed by atoms with Crippen LogP contribution in [-0.2, 0) is 4.84 Å². The quantitative estimate of drug-likeness (QED) is 0.590. The van der Waals surface area contributed by atoms with Gasteiger partial charge in [0.25, 0.3) is 11.6 Å². The van der Waals surface area contributed by atoms with E-state index < -0.39 is 10.8 Å². The highest BCUT2D eigenvalue weighted by Crippen LogP contribution is 2.30. The van der Waals surface area contributed by atoms with E-state index in [1.165, 1.54) is 32.4 Å². The first-order chi connectivity index (χ1) is 13.9. The summed E-state index contributed by atoms with van der Waals surface area (Å²) in [6.07, 6.45) is 0. The third-order valence-corrected chi connectivity index (χ3v) is 5.01. The van der Waals surface area contributed by atoms with Gasteiger partial charge in [-0.25, -0.2) is 5.06 Å². The first kappa shape index (κ1) is 20.6. The minimum absolute atomic E-state index is 0.107. The first-order valence-corrected chi connectivity index (χ1v) is 9.30. The molecule has 9 nitrogen and oxygen atoms in total. The molecule has 1 fully saturated rings. The van der Waals surface area contributed by atoms with Crippen LogP contribution in [0.3, 0.4) is 0 Å². The zero-order valence-electron chi connectivity index (χ0n) is 16.8. The van der Waals surface area contributed by atoms with Crippen LogP contribution in [0.25, 0.3) is 0 Å². The van der Waals surface area contributed by atoms with Crippen molar-refractivity contribution in [1.29, 1.82) is 0 Å². The Kier molecular flexibility index (Phi) is 6.30. The number of hydroxylamine groups is 2. The van der Waals surface area contributed by atoms with E-state index in [0.29, 0.717) is 5.69 Å². The van der Waals surface area contributed by atoms with Crippen LogP contribution < -0.4 is 10.2 Å². The number of benzene rings is 2. The van der Waals surface area contributed by atoms with Crippen molar-refractivity contribution in [3.63, 3.8) is 0 Å². The van der Waals surface area contributed by atoms with E-state index in [4.69, 9.17) is 4.84 Å². The van der Waals surface area contributed by atoms with Gasteiger partial charge in [0.15, 0.2) is 0 Å². The molecule has 0 unspecified atom stereocenters. The number of rotatable bonds is 6. The summed E-state index contributed by atoms with van der Waals surface area (Å²) in [5, 5.41) is 15.5. The molecule has 0 saturated carbocycles. The van der Waals surface area contributed by atoms with E-state index in [-0.39, 0.29) is 16.9 Å². The first-order valence-electron chi connectivity index (χ1n) is 9.30. The largest absolute Gasteiger partial charge is 0.369 e. The predicted molar refractivity (Wildman–Crippen MR) is 112 cm³/mol. The normalized spacial score (nSPS) is 14.5. The van der Waals surface area contributed by atoms with Crippen molar-refractivity contribution < 1.29 is 14.6 Å². The average molecular weight is 399 g/mol. The zero-order valence-corrected chi connectivity index (χ0v) is 16.8. The standard InChI is InChI=1S/C20H25N5O4/c1-22-10-12-24(13-11-22)17-7-5-16(6-8-17)21-18-14-15(20(26)23(2)29-3)4-9-19(18)25(27)28/h4-9,14,21H,10-13H2,1-3H3. The van der Waals surface area contributed by atoms with E-state index in [1.807, 2.05) is 24.3 Å². The minimum atomic E-state index is -0.477. The SMILES string of the molecule is CON(C)C(=O)c1ccc([N+](=O)[O-])c(Nc2ccc(N3CCN(C)CC3)cc2)c1. The molecule has 1 heterocycles. The predicted octanol–water partition coefficient (Wildman–Crippen LogP) is 2.72. The molecule has 0 radical (unpaired) electrons. The molecule has 2 aromatic rings. The Morgan fingerprint density at radius 3 is 2.38 bits per heavy atom. The second-order valence-electron chi connectivity index (χ2n) is 6.94. The Balaban J connectivity index is 1.80. The highest BCUT2D eigenvalue weighted by atomic mass is 16.7. The maximum absolute atomic E-state index is 12.3. The molecule has 1 aliphatic rings. The van der Waals surface area contributed by atoms with E-state index in [9.17, 15) is 14.9 Å². The van der Waals surface area contributed by atoms with Crippen LogP contribution in [0.4, 0.5) is 22.7 Å². The summed E-state index contributed by atoms with van der Waals surface area (Å²) in [6.45, 7) is 3.96. The number of nitro groups is 1. The minimum Gasteiger partial charge on any atom is -0.369 e. The third-order valence-electron chi connectivity index (χ3n) is 5.01. The van der Waals surface area contributed by atoms with Gasteiger partial charge in [-0.05, 0) is 43.4 Å². The third kappa shape index (κ3) is 4.82. The van der Waals surface area contributed by atoms with E-state index >= 15 is 0 Å². The molecule has 154 valence electrons. The van der Waals surface area contributed by atoms with E-state index in [2.05, 4.69) is 22.2 Å². The van der Waals surface area contributed by atoms with Crippen molar-refractivity contribution in [2.24, 2.45) is 0 Å². The summed E-state index contributed by atoms with van der Waals surface area (Å²) in [4.78, 5) is 32.7. The molecule has 0 aliphatic carbocycles. The molecular formula is C20H25N5O4. The van der Waals surface area contributed by atoms with Crippen LogP contribution in [0.1, 0.15) is 10.4 Å². The topological polar surface area (TPSA) is 91.2 Å². The lowest BCUT2D eigenvalue weighted by molar-refractivity contribution is -0.383. The number of piperazine rings is 1. The van der Waals surface area contributed by atoms with Crippen molar-refractivity contribution in [2.45, 2.75) is 0 Å². The lowest BCUT2D eigenvalue weighted by atomic mass is 10.1. The number of nitrogens with zero attached hydrogens (tertiary/aromatic N) is 4. The van der Waals surface area contributed by atoms with Gasteiger partial charge in [0.1, 0.15) is 5.69 Å². The van der Waals surface area contributed by atoms with E-state index in [1.54, 1.807) is 0 Å². The van der Waals surface area contributed by atoms with Gasteiger partial charge >= 0.3 is 0 Å². The Morgan fingerprint density at radius 2 is 1.79 bits per heavy atom. The van der Waals surface area contributed by atoms with Gasteiger partial charge in [-0.2, -0.15) is 0 Å². The molecule has 1 aliphatic heterocycles. The van der Waals surface area contributed by atoms with Crippen molar-refractivity contribution >= 4 is 28.7 Å². The Bertz CT molecular complexity index is 879. The summed E-state index contributed by atoms with van der Waals surface area (Å²) >= 11 is 0. The fraction of sp³-hybridized carbons (Fsp3) is 0.350. The second kappa shape index (κ2) is 8.89. The number of carbonyl (C=O) groups is 1. The molecule has 0 bridgehead atoms. The number of nitro benzene ring substituents is 1. The van der Waals surface area contributed by atoms with Gasteiger partial charge < -0.3 is 15.1 Å². The van der Waals surface area contributed by atoms with Crippen LogP contribution in [0.5, 0.6) is 0 Å². The van der Waals surface area contributed by atoms with Crippen molar-refractivity contribution in [1.82, 2.24) is 9.96 Å². The molecule has 1 saturated heterocycles. The molecule has 9 heteroatoms. The summed E-state index contributed by atoms with van der Waals surface area (Å²) in [5.41, 5.74) is 2.25. The number of nitrogens with one attached hydrogen (secondary N) is 1. The average Bonchev–Trinajstić information content (AvgIpc) is 2.73. The summed E-state index contributed by atoms with van der Waals surface area (Å²) in [7, 11) is 4.97. The molecule has 2 aromatic carbocycles. The van der Waals surface area contributed by atoms with Crippen LogP contribution in [0.15, 0.2) is 42.5 Å². The number of carbonyl (C=O) groups excluding carboxylic acids is 1. The van der Waals surface area contributed by atoms with Crippen molar-refractivity contribution in [2.75, 3.05) is 57.6 Å². The molecule has 1 amide bonds. The molecule has 29 heavy (non-hydrogen) atoms. The van der Waals surface area contributed by atoms with Crippen molar-refractivity contribution in [3.8, 4) is 0 Å². The Hall–Kier alpha value is -3.17. The second-order valence-corrected chi connectivity index (χ2v) is 6.94. The van der Waals surface area contributed by atoms with Gasteiger partial charge in [-0.3, -0.25) is 19.7 Å². The molecule has 0 aromatic heterocycles. The van der Waals surface area contributed by atoms with Gasteiger partial charge in [-0.15, -0.1) is 0 Å². The highest BCUT2D eigenvalue weighted by Gasteiger charge is 2.19. The lowest BCUT2D eigenvalue weighted by Crippen LogP contribution is -2.44. The van der Waals surface area contributed by atoms with Crippen molar-refractivity contribution in [3.05, 3.63) is 58.1 Å². The summed E-state index contributed by atoms with van der Waals surface area (Å²) in [6, 6.07) is 11.9. The van der Waals surface area contributed by atoms with Gasteiger partial charge in [0, 0.05) is 56.2 Å². The maximum atomic E-state index is 12.3. The van der Waals surface area contributed by atoms with Crippen LogP contribution in [0.2, 0.25) is 0 Å². The number of likely N-dealkylation sites (N-methyl/N-ethyl adjacent to an activating group) is 1. The molecular weight excluding hydrogens is 374 g/mol. The van der Waals surface area contributed by atoms with E-state index in [0.717, 1.165) is 36.9 Å². The van der Waals surface area contributed by atoms with Crippen LogP contribution in [-0.4, -0.2) is 68.2 Å². The van der Waals surface area contributed by atoms with Crippen LogP contribution >= 0.6 is 0 Å². The highest BCUT2D eigenvalue weighted by molar-refractivity contribution is 5.95. The number of amides is 1. The number of hydrogen-bond acceptors (Lipinski definition) is 7. The molecule has 3 rings (SSSR count). The smallest absolute Gasteiger partial charge is 0.292 e. The molecule has 0 spiro atoms. The fourth-order valence-corrected chi connectivity index (χ4v) is 3.17. The maximum Gasteiger partial charge on any atom is 0.292 e. The van der Waals surface area contributed by atoms with Gasteiger partial charge in [0.2, 0.25) is 0 Å². The fourth-order valence-electron chi connectivity index (χ4n) is 3.17. The van der Waals surface area contributed by atoms with Gasteiger partial charge in [0.05, 0.1) is 12.0 Å².